The van der Waals surface area contributed by atoms with Crippen molar-refractivity contribution in [2.75, 3.05) is 11.9 Å². The van der Waals surface area contributed by atoms with Crippen molar-refractivity contribution in [3.63, 3.8) is 0 Å². The highest BCUT2D eigenvalue weighted by atomic mass is 35.5. The van der Waals surface area contributed by atoms with Crippen LogP contribution in [0.15, 0.2) is 59.8 Å². The number of nitrogens with zero attached hydrogens (tertiary/aromatic N) is 5. The molecule has 2 N–H and O–H groups in total. The van der Waals surface area contributed by atoms with Gasteiger partial charge in [-0.25, -0.2) is 14.4 Å². The molecule has 0 unspecified atom stereocenters. The zero-order valence-electron chi connectivity index (χ0n) is 18.0. The number of pyridine rings is 1. The summed E-state index contributed by atoms with van der Waals surface area (Å²) in [7, 11) is 1.87. The van der Waals surface area contributed by atoms with Crippen LogP contribution in [0.5, 0.6) is 0 Å². The molecule has 3 heterocycles. The molecule has 33 heavy (non-hydrogen) atoms. The third-order valence-electron chi connectivity index (χ3n) is 5.38. The van der Waals surface area contributed by atoms with Gasteiger partial charge in [0.1, 0.15) is 5.82 Å². The maximum absolute atomic E-state index is 13.9. The van der Waals surface area contributed by atoms with E-state index in [2.05, 4.69) is 20.4 Å². The lowest BCUT2D eigenvalue weighted by Crippen LogP contribution is -2.27. The maximum atomic E-state index is 13.9. The fraction of sp³-hybridized carbons (Fsp3) is 0.217. The minimum absolute atomic E-state index is 0.0244. The van der Waals surface area contributed by atoms with Gasteiger partial charge in [0, 0.05) is 31.1 Å². The van der Waals surface area contributed by atoms with Crippen LogP contribution in [0.2, 0.25) is 5.02 Å². The van der Waals surface area contributed by atoms with Gasteiger partial charge in [0.05, 0.1) is 40.9 Å². The van der Waals surface area contributed by atoms with Crippen LogP contribution in [0.1, 0.15) is 24.2 Å². The SMILES string of the molecule is CCc1c(Nc2nccc(-c3ccn([C@H](CO)c4ccc(Cl)c(F)c4)c(=O)c3)n2)cnn1C. The molecule has 0 aliphatic heterocycles. The van der Waals surface area contributed by atoms with Crippen molar-refractivity contribution in [3.8, 4) is 11.3 Å². The van der Waals surface area contributed by atoms with Crippen molar-refractivity contribution in [2.45, 2.75) is 19.4 Å². The molecule has 0 fully saturated rings. The Hall–Kier alpha value is -3.56. The molecule has 0 saturated carbocycles. The predicted molar refractivity (Wildman–Crippen MR) is 124 cm³/mol. The summed E-state index contributed by atoms with van der Waals surface area (Å²) >= 11 is 5.75. The summed E-state index contributed by atoms with van der Waals surface area (Å²) in [6.45, 7) is 1.65. The highest BCUT2D eigenvalue weighted by Crippen LogP contribution is 2.24. The highest BCUT2D eigenvalue weighted by molar-refractivity contribution is 6.30. The second kappa shape index (κ2) is 9.51. The van der Waals surface area contributed by atoms with Gasteiger partial charge in [-0.1, -0.05) is 24.6 Å². The molecule has 4 rings (SSSR count). The summed E-state index contributed by atoms with van der Waals surface area (Å²) in [6.07, 6.45) is 5.66. The fourth-order valence-electron chi connectivity index (χ4n) is 3.67. The van der Waals surface area contributed by atoms with E-state index < -0.39 is 11.9 Å². The first-order valence-corrected chi connectivity index (χ1v) is 10.7. The van der Waals surface area contributed by atoms with Gasteiger partial charge in [-0.15, -0.1) is 0 Å². The van der Waals surface area contributed by atoms with E-state index >= 15 is 0 Å². The normalized spacial score (nSPS) is 12.0. The van der Waals surface area contributed by atoms with Crippen molar-refractivity contribution in [3.05, 3.63) is 87.4 Å². The molecular formula is C23H22ClFN6O2. The fourth-order valence-corrected chi connectivity index (χ4v) is 3.78. The van der Waals surface area contributed by atoms with E-state index in [9.17, 15) is 14.3 Å². The van der Waals surface area contributed by atoms with Crippen LogP contribution in [0.4, 0.5) is 16.0 Å². The van der Waals surface area contributed by atoms with E-state index in [0.717, 1.165) is 17.8 Å². The average Bonchev–Trinajstić information content (AvgIpc) is 3.16. The molecular weight excluding hydrogens is 447 g/mol. The zero-order valence-corrected chi connectivity index (χ0v) is 18.8. The van der Waals surface area contributed by atoms with Crippen molar-refractivity contribution in [1.82, 2.24) is 24.3 Å². The van der Waals surface area contributed by atoms with Crippen molar-refractivity contribution < 1.29 is 9.50 Å². The van der Waals surface area contributed by atoms with Gasteiger partial charge in [0.25, 0.3) is 5.56 Å². The molecule has 0 spiro atoms. The summed E-state index contributed by atoms with van der Waals surface area (Å²) in [4.78, 5) is 21.6. The smallest absolute Gasteiger partial charge is 0.251 e. The Balaban J connectivity index is 1.63. The van der Waals surface area contributed by atoms with Crippen LogP contribution in [0, 0.1) is 5.82 Å². The Bertz CT molecular complexity index is 1350. The van der Waals surface area contributed by atoms with Gasteiger partial charge in [-0.2, -0.15) is 5.10 Å². The summed E-state index contributed by atoms with van der Waals surface area (Å²) in [6, 6.07) is 8.28. The first kappa shape index (κ1) is 22.6. The molecule has 170 valence electrons. The average molecular weight is 469 g/mol. The summed E-state index contributed by atoms with van der Waals surface area (Å²) in [5.74, 6) is -0.234. The minimum Gasteiger partial charge on any atom is -0.394 e. The van der Waals surface area contributed by atoms with Gasteiger partial charge >= 0.3 is 0 Å². The number of aromatic nitrogens is 5. The molecule has 1 aromatic carbocycles. The minimum atomic E-state index is -0.751. The second-order valence-corrected chi connectivity index (χ2v) is 7.81. The Kier molecular flexibility index (Phi) is 6.52. The van der Waals surface area contributed by atoms with Crippen LogP contribution in [0.3, 0.4) is 0 Å². The number of hydrogen-bond acceptors (Lipinski definition) is 6. The number of nitrogens with one attached hydrogen (secondary N) is 1. The van der Waals surface area contributed by atoms with Crippen LogP contribution in [-0.2, 0) is 13.5 Å². The van der Waals surface area contributed by atoms with Crippen LogP contribution in [-0.4, -0.2) is 36.0 Å². The summed E-state index contributed by atoms with van der Waals surface area (Å²) < 4.78 is 17.0. The summed E-state index contributed by atoms with van der Waals surface area (Å²) in [5.41, 5.74) is 3.04. The number of anilines is 2. The van der Waals surface area contributed by atoms with Gasteiger partial charge < -0.3 is 15.0 Å². The zero-order chi connectivity index (χ0) is 23.5. The molecule has 4 aromatic rings. The number of benzene rings is 1. The third kappa shape index (κ3) is 4.64. The number of halogens is 2. The number of rotatable bonds is 7. The highest BCUT2D eigenvalue weighted by Gasteiger charge is 2.17. The number of aryl methyl sites for hydroxylation is 1. The van der Waals surface area contributed by atoms with Crippen molar-refractivity contribution in [2.24, 2.45) is 7.05 Å². The molecule has 0 aliphatic carbocycles. The van der Waals surface area contributed by atoms with E-state index in [0.29, 0.717) is 22.8 Å². The molecule has 0 aliphatic rings. The molecule has 0 amide bonds. The Morgan fingerprint density at radius 2 is 2.06 bits per heavy atom. The first-order chi connectivity index (χ1) is 15.9. The van der Waals surface area contributed by atoms with Crippen molar-refractivity contribution >= 4 is 23.2 Å². The van der Waals surface area contributed by atoms with Crippen LogP contribution < -0.4 is 10.9 Å². The van der Waals surface area contributed by atoms with E-state index in [1.54, 1.807) is 41.5 Å². The third-order valence-corrected chi connectivity index (χ3v) is 5.69. The van der Waals surface area contributed by atoms with Crippen LogP contribution in [0.25, 0.3) is 11.3 Å². The molecule has 3 aromatic heterocycles. The van der Waals surface area contributed by atoms with Gasteiger partial charge in [-0.05, 0) is 36.2 Å². The van der Waals surface area contributed by atoms with Gasteiger partial charge in [0.2, 0.25) is 5.95 Å². The van der Waals surface area contributed by atoms with E-state index in [4.69, 9.17) is 11.6 Å². The second-order valence-electron chi connectivity index (χ2n) is 7.41. The topological polar surface area (TPSA) is 97.9 Å². The molecule has 0 saturated heterocycles. The number of aliphatic hydroxyl groups is 1. The van der Waals surface area contributed by atoms with E-state index in [1.165, 1.54) is 22.8 Å². The molecule has 0 bridgehead atoms. The lowest BCUT2D eigenvalue weighted by atomic mass is 10.1. The number of hydrogen-bond donors (Lipinski definition) is 2. The number of aliphatic hydroxyl groups excluding tert-OH is 1. The standard InChI is InChI=1S/C23H22ClFN6O2/c1-3-20-19(12-27-30(20)2)29-23-26-8-6-18(28-23)14-7-9-31(22(33)11-14)21(13-32)15-4-5-16(24)17(25)10-15/h4-12,21,32H,3,13H2,1-2H3,(H,26,28,29)/t21-/m1/s1. The van der Waals surface area contributed by atoms with Gasteiger partial charge in [-0.3, -0.25) is 9.48 Å². The maximum Gasteiger partial charge on any atom is 0.251 e. The monoisotopic (exact) mass is 468 g/mol. The molecule has 0 radical (unpaired) electrons. The molecule has 10 heteroatoms. The Morgan fingerprint density at radius 3 is 2.76 bits per heavy atom. The first-order valence-electron chi connectivity index (χ1n) is 10.3. The van der Waals surface area contributed by atoms with Crippen molar-refractivity contribution in [1.29, 1.82) is 0 Å². The quantitative estimate of drug-likeness (QED) is 0.429. The summed E-state index contributed by atoms with van der Waals surface area (Å²) in [5, 5.41) is 17.3. The largest absolute Gasteiger partial charge is 0.394 e. The van der Waals surface area contributed by atoms with Gasteiger partial charge in [0.15, 0.2) is 0 Å². The Morgan fingerprint density at radius 1 is 1.24 bits per heavy atom. The van der Waals surface area contributed by atoms with E-state index in [-0.39, 0.29) is 17.2 Å². The van der Waals surface area contributed by atoms with Crippen LogP contribution >= 0.6 is 11.6 Å². The predicted octanol–water partition coefficient (Wildman–Crippen LogP) is 3.72. The Labute approximate surface area is 194 Å². The van der Waals surface area contributed by atoms with E-state index in [1.807, 2.05) is 14.0 Å². The molecule has 8 nitrogen and oxygen atoms in total. The lowest BCUT2D eigenvalue weighted by Gasteiger charge is -2.18. The lowest BCUT2D eigenvalue weighted by molar-refractivity contribution is 0.247. The molecule has 1 atom stereocenters.